The van der Waals surface area contributed by atoms with Crippen molar-refractivity contribution in [1.82, 2.24) is 10.2 Å². The number of carbonyl (C=O) groups excluding carboxylic acids is 2. The number of benzene rings is 4. The van der Waals surface area contributed by atoms with Crippen LogP contribution in [0.5, 0.6) is 0 Å². The van der Waals surface area contributed by atoms with E-state index < -0.39 is 28.5 Å². The van der Waals surface area contributed by atoms with Gasteiger partial charge in [-0.05, 0) is 79.4 Å². The number of rotatable bonds is 11. The van der Waals surface area contributed by atoms with E-state index in [1.807, 2.05) is 81.4 Å². The molecule has 224 valence electrons. The summed E-state index contributed by atoms with van der Waals surface area (Å²) < 4.78 is 30.2. The Hall–Kier alpha value is -3.95. The van der Waals surface area contributed by atoms with Crippen LogP contribution in [0.3, 0.4) is 0 Å². The van der Waals surface area contributed by atoms with E-state index in [9.17, 15) is 18.0 Å². The average Bonchev–Trinajstić information content (AvgIpc) is 2.99. The van der Waals surface area contributed by atoms with Gasteiger partial charge in [0, 0.05) is 24.5 Å². The Balaban J connectivity index is 1.80. The highest BCUT2D eigenvalue weighted by molar-refractivity contribution is 9.10. The number of amides is 2. The summed E-state index contributed by atoms with van der Waals surface area (Å²) in [6.07, 6.45) is 0.259. The Morgan fingerprint density at radius 2 is 1.49 bits per heavy atom. The van der Waals surface area contributed by atoms with Crippen molar-refractivity contribution in [3.05, 3.63) is 129 Å². The van der Waals surface area contributed by atoms with Gasteiger partial charge in [0.1, 0.15) is 12.6 Å². The van der Waals surface area contributed by atoms with Crippen LogP contribution < -0.4 is 9.62 Å². The Morgan fingerprint density at radius 1 is 0.814 bits per heavy atom. The molecule has 1 unspecified atom stereocenters. The molecule has 0 heterocycles. The van der Waals surface area contributed by atoms with Gasteiger partial charge < -0.3 is 10.2 Å². The maximum Gasteiger partial charge on any atom is 0.264 e. The van der Waals surface area contributed by atoms with E-state index in [2.05, 4.69) is 21.2 Å². The summed E-state index contributed by atoms with van der Waals surface area (Å²) in [5.41, 5.74) is 4.86. The third kappa shape index (κ3) is 7.91. The minimum absolute atomic E-state index is 0.0785. The van der Waals surface area contributed by atoms with E-state index in [-0.39, 0.29) is 23.8 Å². The fourth-order valence-electron chi connectivity index (χ4n) is 4.80. The van der Waals surface area contributed by atoms with Gasteiger partial charge in [0.2, 0.25) is 11.8 Å². The second-order valence-corrected chi connectivity index (χ2v) is 13.3. The molecular weight excluding hydrogens is 626 g/mol. The molecule has 0 fully saturated rings. The Bertz CT molecular complexity index is 1690. The first-order valence-corrected chi connectivity index (χ1v) is 16.2. The van der Waals surface area contributed by atoms with Crippen molar-refractivity contribution in [2.45, 2.75) is 44.7 Å². The van der Waals surface area contributed by atoms with Gasteiger partial charge in [0.05, 0.1) is 10.6 Å². The maximum atomic E-state index is 14.4. The van der Waals surface area contributed by atoms with Crippen LogP contribution >= 0.6 is 15.9 Å². The highest BCUT2D eigenvalue weighted by Gasteiger charge is 2.34. The van der Waals surface area contributed by atoms with Gasteiger partial charge >= 0.3 is 0 Å². The van der Waals surface area contributed by atoms with Crippen LogP contribution in [-0.4, -0.2) is 44.8 Å². The number of aryl methyl sites for hydroxylation is 3. The summed E-state index contributed by atoms with van der Waals surface area (Å²) in [7, 11) is -2.61. The van der Waals surface area contributed by atoms with Gasteiger partial charge in [-0.25, -0.2) is 8.42 Å². The number of carbonyl (C=O) groups is 2. The molecule has 0 radical (unpaired) electrons. The minimum Gasteiger partial charge on any atom is -0.357 e. The lowest BCUT2D eigenvalue weighted by Crippen LogP contribution is -2.53. The molecule has 1 N–H and O–H groups in total. The zero-order valence-electron chi connectivity index (χ0n) is 24.7. The second-order valence-electron chi connectivity index (χ2n) is 10.6. The van der Waals surface area contributed by atoms with Gasteiger partial charge in [-0.1, -0.05) is 82.2 Å². The third-order valence-corrected chi connectivity index (χ3v) is 9.71. The standard InChI is InChI=1S/C34H36BrN3O4S/c1-24-13-17-31(18-14-24)43(41,42)38(30-16-15-25(2)26(3)19-30)23-33(39)37(22-28-11-8-12-29(35)20-28)32(34(40)36-4)21-27-9-6-5-7-10-27/h5-20,32H,21-23H2,1-4H3,(H,36,40). The van der Waals surface area contributed by atoms with Crippen LogP contribution in [0.4, 0.5) is 5.69 Å². The van der Waals surface area contributed by atoms with E-state index in [1.165, 1.54) is 11.9 Å². The van der Waals surface area contributed by atoms with Crippen LogP contribution in [-0.2, 0) is 32.6 Å². The molecule has 7 nitrogen and oxygen atoms in total. The summed E-state index contributed by atoms with van der Waals surface area (Å²) >= 11 is 3.49. The number of anilines is 1. The number of nitrogens with zero attached hydrogens (tertiary/aromatic N) is 2. The lowest BCUT2D eigenvalue weighted by atomic mass is 10.0. The molecule has 0 saturated heterocycles. The second kappa shape index (κ2) is 14.0. The van der Waals surface area contributed by atoms with Gasteiger partial charge in [0.25, 0.3) is 10.0 Å². The molecule has 4 aromatic rings. The SMILES string of the molecule is CNC(=O)C(Cc1ccccc1)N(Cc1cccc(Br)c1)C(=O)CN(c1ccc(C)c(C)c1)S(=O)(=O)c1ccc(C)cc1. The predicted octanol–water partition coefficient (Wildman–Crippen LogP) is 5.96. The highest BCUT2D eigenvalue weighted by atomic mass is 79.9. The predicted molar refractivity (Wildman–Crippen MR) is 174 cm³/mol. The lowest BCUT2D eigenvalue weighted by Gasteiger charge is -2.33. The number of hydrogen-bond donors (Lipinski definition) is 1. The molecule has 0 saturated carbocycles. The van der Waals surface area contributed by atoms with E-state index in [0.717, 1.165) is 36.6 Å². The maximum absolute atomic E-state index is 14.4. The average molecular weight is 663 g/mol. The van der Waals surface area contributed by atoms with Gasteiger partial charge in [0.15, 0.2) is 0 Å². The smallest absolute Gasteiger partial charge is 0.264 e. The van der Waals surface area contributed by atoms with Crippen molar-refractivity contribution in [1.29, 1.82) is 0 Å². The van der Waals surface area contributed by atoms with Crippen molar-refractivity contribution in [2.75, 3.05) is 17.9 Å². The van der Waals surface area contributed by atoms with Gasteiger partial charge in [-0.15, -0.1) is 0 Å². The topological polar surface area (TPSA) is 86.8 Å². The normalized spacial score (nSPS) is 11.9. The fraction of sp³-hybridized carbons (Fsp3) is 0.235. The Labute approximate surface area is 262 Å². The quantitative estimate of drug-likeness (QED) is 0.215. The molecule has 0 aliphatic heterocycles. The summed E-state index contributed by atoms with van der Waals surface area (Å²) in [5.74, 6) is -0.843. The van der Waals surface area contributed by atoms with Crippen LogP contribution in [0.25, 0.3) is 0 Å². The molecule has 9 heteroatoms. The monoisotopic (exact) mass is 661 g/mol. The van der Waals surface area contributed by atoms with E-state index in [4.69, 9.17) is 0 Å². The summed E-state index contributed by atoms with van der Waals surface area (Å²) in [6, 6.07) is 27.9. The molecule has 4 aromatic carbocycles. The van der Waals surface area contributed by atoms with Crippen molar-refractivity contribution >= 4 is 43.5 Å². The molecule has 0 aromatic heterocycles. The number of nitrogens with one attached hydrogen (secondary N) is 1. The van der Waals surface area contributed by atoms with Gasteiger partial charge in [-0.3, -0.25) is 13.9 Å². The van der Waals surface area contributed by atoms with Gasteiger partial charge in [-0.2, -0.15) is 0 Å². The largest absolute Gasteiger partial charge is 0.357 e. The minimum atomic E-state index is -4.14. The Kier molecular flexibility index (Phi) is 10.4. The third-order valence-electron chi connectivity index (χ3n) is 7.43. The van der Waals surface area contributed by atoms with Crippen molar-refractivity contribution in [2.24, 2.45) is 0 Å². The zero-order valence-corrected chi connectivity index (χ0v) is 27.2. The van der Waals surface area contributed by atoms with Crippen LogP contribution in [0.1, 0.15) is 27.8 Å². The van der Waals surface area contributed by atoms with Crippen molar-refractivity contribution < 1.29 is 18.0 Å². The first kappa shape index (κ1) is 32.0. The molecule has 4 rings (SSSR count). The molecule has 1 atom stereocenters. The van der Waals surface area contributed by atoms with Crippen LogP contribution in [0.2, 0.25) is 0 Å². The molecule has 2 amide bonds. The van der Waals surface area contributed by atoms with Crippen molar-refractivity contribution in [3.8, 4) is 0 Å². The lowest BCUT2D eigenvalue weighted by molar-refractivity contribution is -0.139. The molecule has 43 heavy (non-hydrogen) atoms. The fourth-order valence-corrected chi connectivity index (χ4v) is 6.65. The van der Waals surface area contributed by atoms with E-state index >= 15 is 0 Å². The van der Waals surface area contributed by atoms with Crippen molar-refractivity contribution in [3.63, 3.8) is 0 Å². The summed E-state index contributed by atoms with van der Waals surface area (Å²) in [4.78, 5) is 29.3. The molecular formula is C34H36BrN3O4S. The summed E-state index contributed by atoms with van der Waals surface area (Å²) in [6.45, 7) is 5.34. The summed E-state index contributed by atoms with van der Waals surface area (Å²) in [5, 5.41) is 2.70. The highest BCUT2D eigenvalue weighted by Crippen LogP contribution is 2.27. The zero-order chi connectivity index (χ0) is 31.1. The Morgan fingerprint density at radius 3 is 2.12 bits per heavy atom. The number of hydrogen-bond acceptors (Lipinski definition) is 4. The first-order valence-electron chi connectivity index (χ1n) is 14.0. The molecule has 0 bridgehead atoms. The molecule has 0 aliphatic carbocycles. The number of halogens is 1. The van der Waals surface area contributed by atoms with E-state index in [0.29, 0.717) is 5.69 Å². The number of sulfonamides is 1. The van der Waals surface area contributed by atoms with E-state index in [1.54, 1.807) is 36.4 Å². The molecule has 0 spiro atoms. The first-order chi connectivity index (χ1) is 20.5. The molecule has 0 aliphatic rings. The number of likely N-dealkylation sites (N-methyl/N-ethyl adjacent to an activating group) is 1. The van der Waals surface area contributed by atoms with Crippen LogP contribution in [0, 0.1) is 20.8 Å². The van der Waals surface area contributed by atoms with Crippen LogP contribution in [0.15, 0.2) is 106 Å².